The van der Waals surface area contributed by atoms with Gasteiger partial charge in [-0.3, -0.25) is 15.0 Å². The number of methoxy groups -OCH3 is 1. The average molecular weight is 579 g/mol. The van der Waals surface area contributed by atoms with Crippen LogP contribution >= 0.6 is 23.2 Å². The van der Waals surface area contributed by atoms with Crippen molar-refractivity contribution in [2.45, 2.75) is 39.7 Å². The number of benzene rings is 3. The minimum absolute atomic E-state index is 0.0504. The first-order valence-electron chi connectivity index (χ1n) is 12.7. The molecule has 3 amide bonds. The summed E-state index contributed by atoms with van der Waals surface area (Å²) < 4.78 is 7.38. The maximum atomic E-state index is 13.9. The van der Waals surface area contributed by atoms with Gasteiger partial charge in [-0.05, 0) is 78.9 Å². The van der Waals surface area contributed by atoms with Crippen molar-refractivity contribution in [3.05, 3.63) is 98.2 Å². The Labute approximate surface area is 242 Å². The molecule has 5 rings (SSSR count). The zero-order valence-electron chi connectivity index (χ0n) is 22.8. The van der Waals surface area contributed by atoms with Crippen LogP contribution in [-0.2, 0) is 0 Å². The number of anilines is 2. The van der Waals surface area contributed by atoms with Gasteiger partial charge in [0.1, 0.15) is 11.4 Å². The predicted molar refractivity (Wildman–Crippen MR) is 158 cm³/mol. The first-order chi connectivity index (χ1) is 19.0. The predicted octanol–water partition coefficient (Wildman–Crippen LogP) is 7.17. The van der Waals surface area contributed by atoms with E-state index in [4.69, 9.17) is 38.8 Å². The zero-order valence-corrected chi connectivity index (χ0v) is 24.3. The molecule has 1 aromatic heterocycles. The number of carbonyl (C=O) groups excluding carboxylic acids is 2. The van der Waals surface area contributed by atoms with Gasteiger partial charge >= 0.3 is 6.03 Å². The Morgan fingerprint density at radius 3 is 2.35 bits per heavy atom. The number of amides is 3. The third-order valence-corrected chi connectivity index (χ3v) is 7.60. The summed E-state index contributed by atoms with van der Waals surface area (Å²) in [5.74, 6) is 0.290. The quantitative estimate of drug-likeness (QED) is 0.253. The Morgan fingerprint density at radius 2 is 1.70 bits per heavy atom. The molecule has 1 atom stereocenters. The van der Waals surface area contributed by atoms with Gasteiger partial charge in [0, 0.05) is 21.2 Å². The van der Waals surface area contributed by atoms with E-state index in [0.717, 1.165) is 27.9 Å². The van der Waals surface area contributed by atoms with Crippen LogP contribution in [0.15, 0.2) is 54.6 Å². The number of nitrogens with two attached hydrogens (primary N) is 1. The van der Waals surface area contributed by atoms with Gasteiger partial charge in [-0.1, -0.05) is 49.2 Å². The summed E-state index contributed by atoms with van der Waals surface area (Å²) in [6.07, 6.45) is 0. The Hall–Kier alpha value is -4.01. The molecule has 0 fully saturated rings. The second-order valence-electron chi connectivity index (χ2n) is 10.1. The van der Waals surface area contributed by atoms with Gasteiger partial charge in [0.05, 0.1) is 24.5 Å². The van der Waals surface area contributed by atoms with Crippen LogP contribution in [0, 0.1) is 13.8 Å². The number of nitrogens with zero attached hydrogens (tertiary/aromatic N) is 3. The fourth-order valence-electron chi connectivity index (χ4n) is 5.29. The number of hydrogen-bond acceptors (Lipinski definition) is 4. The highest BCUT2D eigenvalue weighted by molar-refractivity contribution is 6.31. The summed E-state index contributed by atoms with van der Waals surface area (Å²) in [5, 5.41) is 8.98. The minimum Gasteiger partial charge on any atom is -0.494 e. The maximum absolute atomic E-state index is 13.9. The van der Waals surface area contributed by atoms with Crippen molar-refractivity contribution < 1.29 is 14.3 Å². The Bertz CT molecular complexity index is 1660. The molecule has 8 nitrogen and oxygen atoms in total. The number of ether oxygens (including phenoxy) is 1. The van der Waals surface area contributed by atoms with Crippen LogP contribution in [0.2, 0.25) is 10.0 Å². The molecule has 4 aromatic rings. The lowest BCUT2D eigenvalue weighted by Crippen LogP contribution is -2.43. The van der Waals surface area contributed by atoms with E-state index in [-0.39, 0.29) is 11.9 Å². The van der Waals surface area contributed by atoms with Crippen molar-refractivity contribution in [3.63, 3.8) is 0 Å². The number of primary amides is 1. The van der Waals surface area contributed by atoms with Gasteiger partial charge in [-0.2, -0.15) is 0 Å². The fraction of sp³-hybridized carbons (Fsp3) is 0.233. The van der Waals surface area contributed by atoms with Crippen molar-refractivity contribution in [2.75, 3.05) is 17.3 Å². The molecule has 0 saturated carbocycles. The first kappa shape index (κ1) is 27.6. The summed E-state index contributed by atoms with van der Waals surface area (Å²) in [4.78, 5) is 27.7. The number of carbonyl (C=O) groups is 2. The van der Waals surface area contributed by atoms with Crippen LogP contribution < -0.4 is 20.7 Å². The molecule has 0 bridgehead atoms. The molecule has 2 heterocycles. The molecule has 0 saturated heterocycles. The van der Waals surface area contributed by atoms with E-state index in [2.05, 4.69) is 19.2 Å². The molecule has 40 heavy (non-hydrogen) atoms. The van der Waals surface area contributed by atoms with E-state index in [1.165, 1.54) is 0 Å². The molecule has 0 spiro atoms. The van der Waals surface area contributed by atoms with Gasteiger partial charge in [-0.15, -0.1) is 5.10 Å². The summed E-state index contributed by atoms with van der Waals surface area (Å²) >= 11 is 12.8. The second-order valence-corrected chi connectivity index (χ2v) is 11.0. The summed E-state index contributed by atoms with van der Waals surface area (Å²) in [7, 11) is 1.55. The largest absolute Gasteiger partial charge is 0.494 e. The van der Waals surface area contributed by atoms with E-state index in [9.17, 15) is 9.59 Å². The van der Waals surface area contributed by atoms with Crippen LogP contribution in [-0.4, -0.2) is 28.8 Å². The molecular formula is C30H29Cl2N5O3. The monoisotopic (exact) mass is 577 g/mol. The molecule has 3 N–H and O–H groups in total. The lowest BCUT2D eigenvalue weighted by atomic mass is 9.88. The van der Waals surface area contributed by atoms with E-state index in [1.54, 1.807) is 47.0 Å². The highest BCUT2D eigenvalue weighted by Crippen LogP contribution is 2.47. The zero-order chi connectivity index (χ0) is 28.9. The van der Waals surface area contributed by atoms with Crippen molar-refractivity contribution >= 4 is 46.6 Å². The van der Waals surface area contributed by atoms with Crippen molar-refractivity contribution in [2.24, 2.45) is 5.73 Å². The molecule has 1 aliphatic rings. The fourth-order valence-corrected chi connectivity index (χ4v) is 5.68. The van der Waals surface area contributed by atoms with Gasteiger partial charge in [0.25, 0.3) is 0 Å². The van der Waals surface area contributed by atoms with E-state index >= 15 is 0 Å². The minimum atomic E-state index is -0.572. The van der Waals surface area contributed by atoms with Gasteiger partial charge in [0.15, 0.2) is 5.82 Å². The van der Waals surface area contributed by atoms with Crippen LogP contribution in [0.1, 0.15) is 64.1 Å². The number of nitrogens with one attached hydrogen (secondary N) is 1. The van der Waals surface area contributed by atoms with Crippen LogP contribution in [0.3, 0.4) is 0 Å². The highest BCUT2D eigenvalue weighted by atomic mass is 35.5. The second kappa shape index (κ2) is 10.5. The molecule has 1 aliphatic heterocycles. The maximum Gasteiger partial charge on any atom is 0.328 e. The number of rotatable bonds is 6. The number of hydrogen-bond donors (Lipinski definition) is 2. The van der Waals surface area contributed by atoms with E-state index in [1.807, 2.05) is 38.1 Å². The standard InChI is InChI=1S/C30H29Cl2N5O3/c1-15(2)26-25-27(21-10-9-19(31)12-17(21)4)36(22-14-20(32)8-6-16(22)3)30(39)34-29(25)35-37(26)23-13-18(28(33)38)7-11-24(23)40-5/h6-15,27H,1-5H3,(H2,33,38)(H,34,35,39). The molecule has 10 heteroatoms. The summed E-state index contributed by atoms with van der Waals surface area (Å²) in [6, 6.07) is 15.1. The molecule has 0 aliphatic carbocycles. The van der Waals surface area contributed by atoms with Crippen molar-refractivity contribution in [1.29, 1.82) is 0 Å². The molecular weight excluding hydrogens is 549 g/mol. The topological polar surface area (TPSA) is 102 Å². The lowest BCUT2D eigenvalue weighted by molar-refractivity contribution is 0.1000. The number of urea groups is 1. The molecule has 1 unspecified atom stereocenters. The van der Waals surface area contributed by atoms with Crippen LogP contribution in [0.5, 0.6) is 5.75 Å². The number of halogens is 2. The first-order valence-corrected chi connectivity index (χ1v) is 13.5. The third-order valence-electron chi connectivity index (χ3n) is 7.13. The smallest absolute Gasteiger partial charge is 0.328 e. The lowest BCUT2D eigenvalue weighted by Gasteiger charge is -2.38. The molecule has 3 aromatic carbocycles. The highest BCUT2D eigenvalue weighted by Gasteiger charge is 2.41. The average Bonchev–Trinajstić information content (AvgIpc) is 3.28. The molecule has 0 radical (unpaired) electrons. The summed E-state index contributed by atoms with van der Waals surface area (Å²) in [6.45, 7) is 8.01. The Morgan fingerprint density at radius 1 is 1.00 bits per heavy atom. The summed E-state index contributed by atoms with van der Waals surface area (Å²) in [5.41, 5.74) is 11.4. The SMILES string of the molecule is COc1ccc(C(N)=O)cc1-n1nc2c(c1C(C)C)C(c1ccc(Cl)cc1C)N(c1cc(Cl)ccc1C)C(=O)N2. The van der Waals surface area contributed by atoms with E-state index in [0.29, 0.717) is 38.6 Å². The van der Waals surface area contributed by atoms with Crippen molar-refractivity contribution in [3.8, 4) is 11.4 Å². The van der Waals surface area contributed by atoms with Gasteiger partial charge < -0.3 is 10.5 Å². The van der Waals surface area contributed by atoms with Crippen molar-refractivity contribution in [1.82, 2.24) is 9.78 Å². The third kappa shape index (κ3) is 4.67. The number of aryl methyl sites for hydroxylation is 2. The van der Waals surface area contributed by atoms with Crippen LogP contribution in [0.4, 0.5) is 16.3 Å². The van der Waals surface area contributed by atoms with Gasteiger partial charge in [-0.25, -0.2) is 9.48 Å². The van der Waals surface area contributed by atoms with E-state index < -0.39 is 11.9 Å². The normalized spacial score (nSPS) is 14.8. The van der Waals surface area contributed by atoms with Crippen LogP contribution in [0.25, 0.3) is 5.69 Å². The Kier molecular flexibility index (Phi) is 7.25. The number of fused-ring (bicyclic) bond motifs is 1. The molecule has 206 valence electrons. The Balaban J connectivity index is 1.86. The van der Waals surface area contributed by atoms with Gasteiger partial charge in [0.2, 0.25) is 5.91 Å². The number of aromatic nitrogens is 2.